The van der Waals surface area contributed by atoms with E-state index in [4.69, 9.17) is 0 Å². The average Bonchev–Trinajstić information content (AvgIpc) is 2.53. The zero-order chi connectivity index (χ0) is 13.6. The van der Waals surface area contributed by atoms with Gasteiger partial charge >= 0.3 is 5.91 Å². The number of halogens is 5. The summed E-state index contributed by atoms with van der Waals surface area (Å²) < 4.78 is 64.8. The van der Waals surface area contributed by atoms with Crippen molar-refractivity contribution >= 4 is 17.4 Å². The Hall–Kier alpha value is -2.25. The number of imide groups is 1. The lowest BCUT2D eigenvalue weighted by molar-refractivity contribution is -0.153. The van der Waals surface area contributed by atoms with E-state index in [9.17, 15) is 31.6 Å². The molecule has 0 aromatic heterocycles. The number of nitrogens with zero attached hydrogens (tertiary/aromatic N) is 1. The van der Waals surface area contributed by atoms with Gasteiger partial charge < -0.3 is 0 Å². The molecule has 18 heavy (non-hydrogen) atoms. The summed E-state index contributed by atoms with van der Waals surface area (Å²) in [6.07, 6.45) is 0. The van der Waals surface area contributed by atoms with Gasteiger partial charge in [0.25, 0.3) is 5.91 Å². The summed E-state index contributed by atoms with van der Waals surface area (Å²) in [5, 5.41) is -1.08. The van der Waals surface area contributed by atoms with E-state index < -0.39 is 51.4 Å². The molecule has 2 amide bonds. The fourth-order valence-corrected chi connectivity index (χ4v) is 1.43. The molecule has 0 atom stereocenters. The smallest absolute Gasteiger partial charge is 0.266 e. The number of hydrogen-bond acceptors (Lipinski definition) is 2. The second kappa shape index (κ2) is 3.90. The molecule has 0 bridgehead atoms. The van der Waals surface area contributed by atoms with E-state index >= 15 is 0 Å². The molecule has 1 aliphatic rings. The maximum Gasteiger partial charge on any atom is 0.318 e. The highest BCUT2D eigenvalue weighted by Crippen LogP contribution is 2.32. The van der Waals surface area contributed by atoms with Crippen LogP contribution in [-0.2, 0) is 9.59 Å². The summed E-state index contributed by atoms with van der Waals surface area (Å²) in [5.74, 6) is -11.0. The van der Waals surface area contributed by atoms with Crippen LogP contribution in [0.3, 0.4) is 0 Å². The normalized spacial score (nSPS) is 15.9. The summed E-state index contributed by atoms with van der Waals surface area (Å²) in [6, 6.07) is 0.958. The van der Waals surface area contributed by atoms with E-state index in [2.05, 4.69) is 0 Å². The first-order valence-corrected chi connectivity index (χ1v) is 4.44. The van der Waals surface area contributed by atoms with E-state index in [0.29, 0.717) is 12.1 Å². The van der Waals surface area contributed by atoms with Crippen LogP contribution >= 0.6 is 0 Å². The van der Waals surface area contributed by atoms with Gasteiger partial charge in [-0.25, -0.2) is 13.2 Å². The molecule has 0 saturated heterocycles. The standard InChI is InChI=1S/C10H2F5NO2/c11-4-2-1-3(6(12)7(4)13)5-8(14)10(18)16(15)9(5)17/h1-2H. The van der Waals surface area contributed by atoms with E-state index in [1.54, 1.807) is 0 Å². The molecule has 3 nitrogen and oxygen atoms in total. The third-order valence-corrected chi connectivity index (χ3v) is 2.28. The first-order chi connectivity index (χ1) is 8.36. The molecule has 0 radical (unpaired) electrons. The third-order valence-electron chi connectivity index (χ3n) is 2.28. The van der Waals surface area contributed by atoms with Crippen molar-refractivity contribution in [2.45, 2.75) is 0 Å². The summed E-state index contributed by atoms with van der Waals surface area (Å²) in [6.45, 7) is 0. The van der Waals surface area contributed by atoms with Crippen LogP contribution in [0.1, 0.15) is 5.56 Å². The van der Waals surface area contributed by atoms with Crippen LogP contribution in [0.25, 0.3) is 5.57 Å². The van der Waals surface area contributed by atoms with Gasteiger partial charge in [-0.05, 0) is 12.1 Å². The number of rotatable bonds is 1. The molecule has 1 aromatic rings. The minimum Gasteiger partial charge on any atom is -0.266 e. The highest BCUT2D eigenvalue weighted by molar-refractivity contribution is 6.34. The maximum atomic E-state index is 13.3. The second-order valence-electron chi connectivity index (χ2n) is 3.30. The predicted molar refractivity (Wildman–Crippen MR) is 47.3 cm³/mol. The number of hydrogen-bond donors (Lipinski definition) is 0. The summed E-state index contributed by atoms with van der Waals surface area (Å²) >= 11 is 0. The Morgan fingerprint density at radius 3 is 2.00 bits per heavy atom. The minimum absolute atomic E-state index is 0.423. The average molecular weight is 263 g/mol. The molecular weight excluding hydrogens is 261 g/mol. The summed E-state index contributed by atoms with van der Waals surface area (Å²) in [4.78, 5) is 21.9. The van der Waals surface area contributed by atoms with E-state index in [0.717, 1.165) is 0 Å². The van der Waals surface area contributed by atoms with Gasteiger partial charge in [0.15, 0.2) is 17.5 Å². The molecule has 0 spiro atoms. The van der Waals surface area contributed by atoms with Crippen molar-refractivity contribution in [2.75, 3.05) is 0 Å². The Balaban J connectivity index is 2.68. The van der Waals surface area contributed by atoms with Gasteiger partial charge in [-0.1, -0.05) is 9.60 Å². The van der Waals surface area contributed by atoms with Crippen molar-refractivity contribution < 1.29 is 31.6 Å². The monoisotopic (exact) mass is 263 g/mol. The fraction of sp³-hybridized carbons (Fsp3) is 0. The first-order valence-electron chi connectivity index (χ1n) is 4.44. The Labute approximate surface area is 96.0 Å². The molecule has 1 aromatic carbocycles. The summed E-state index contributed by atoms with van der Waals surface area (Å²) in [5.41, 5.74) is -2.30. The number of carbonyl (C=O) groups is 2. The van der Waals surface area contributed by atoms with Crippen LogP contribution in [0, 0.1) is 17.5 Å². The molecule has 0 saturated carbocycles. The molecular formula is C10H2F5NO2. The highest BCUT2D eigenvalue weighted by Gasteiger charge is 2.42. The molecule has 2 rings (SSSR count). The van der Waals surface area contributed by atoms with Gasteiger partial charge in [-0.2, -0.15) is 4.39 Å². The lowest BCUT2D eigenvalue weighted by Crippen LogP contribution is -2.22. The Morgan fingerprint density at radius 1 is 0.889 bits per heavy atom. The number of benzene rings is 1. The van der Waals surface area contributed by atoms with E-state index in [1.165, 1.54) is 0 Å². The molecule has 0 N–H and O–H groups in total. The molecule has 0 unspecified atom stereocenters. The minimum atomic E-state index is -1.95. The molecule has 1 heterocycles. The quantitative estimate of drug-likeness (QED) is 0.336. The molecule has 1 aliphatic heterocycles. The number of carbonyl (C=O) groups excluding carboxylic acids is 2. The maximum absolute atomic E-state index is 13.3. The second-order valence-corrected chi connectivity index (χ2v) is 3.30. The third kappa shape index (κ3) is 1.49. The van der Waals surface area contributed by atoms with Crippen LogP contribution in [0.15, 0.2) is 18.0 Å². The van der Waals surface area contributed by atoms with Crippen LogP contribution in [0.2, 0.25) is 0 Å². The van der Waals surface area contributed by atoms with Gasteiger partial charge in [0.2, 0.25) is 5.83 Å². The fourth-order valence-electron chi connectivity index (χ4n) is 1.43. The molecule has 0 aliphatic carbocycles. The predicted octanol–water partition coefficient (Wildman–Crippen LogP) is 2.04. The molecule has 94 valence electrons. The molecule has 0 fully saturated rings. The van der Waals surface area contributed by atoms with Crippen molar-refractivity contribution in [3.63, 3.8) is 0 Å². The topological polar surface area (TPSA) is 37.4 Å². The van der Waals surface area contributed by atoms with Gasteiger partial charge in [0.1, 0.15) is 0 Å². The van der Waals surface area contributed by atoms with Crippen molar-refractivity contribution in [1.82, 2.24) is 5.12 Å². The highest BCUT2D eigenvalue weighted by atomic mass is 19.2. The van der Waals surface area contributed by atoms with Gasteiger partial charge in [-0.15, -0.1) is 0 Å². The van der Waals surface area contributed by atoms with Gasteiger partial charge in [0, 0.05) is 5.56 Å². The van der Waals surface area contributed by atoms with Crippen LogP contribution < -0.4 is 0 Å². The van der Waals surface area contributed by atoms with E-state index in [1.807, 2.05) is 0 Å². The van der Waals surface area contributed by atoms with Gasteiger partial charge in [0.05, 0.1) is 5.57 Å². The lowest BCUT2D eigenvalue weighted by Gasteiger charge is -2.04. The van der Waals surface area contributed by atoms with Crippen LogP contribution in [0.4, 0.5) is 22.0 Å². The van der Waals surface area contributed by atoms with Crippen molar-refractivity contribution in [3.05, 3.63) is 41.0 Å². The Morgan fingerprint density at radius 2 is 1.50 bits per heavy atom. The van der Waals surface area contributed by atoms with Gasteiger partial charge in [-0.3, -0.25) is 9.59 Å². The molecule has 8 heteroatoms. The van der Waals surface area contributed by atoms with Crippen molar-refractivity contribution in [3.8, 4) is 0 Å². The number of amides is 2. The van der Waals surface area contributed by atoms with Crippen molar-refractivity contribution in [1.29, 1.82) is 0 Å². The van der Waals surface area contributed by atoms with Crippen LogP contribution in [-0.4, -0.2) is 16.9 Å². The SMILES string of the molecule is O=C1C(F)=C(c2ccc(F)c(F)c2F)C(=O)N1F. The lowest BCUT2D eigenvalue weighted by atomic mass is 10.0. The van der Waals surface area contributed by atoms with Crippen molar-refractivity contribution in [2.24, 2.45) is 0 Å². The van der Waals surface area contributed by atoms with Crippen LogP contribution in [0.5, 0.6) is 0 Å². The first kappa shape index (κ1) is 12.2. The largest absolute Gasteiger partial charge is 0.318 e. The zero-order valence-electron chi connectivity index (χ0n) is 8.31. The zero-order valence-corrected chi connectivity index (χ0v) is 8.31. The Bertz CT molecular complexity index is 611. The van der Waals surface area contributed by atoms with E-state index in [-0.39, 0.29) is 0 Å². The Kier molecular flexibility index (Phi) is 2.64. The summed E-state index contributed by atoms with van der Waals surface area (Å²) in [7, 11) is 0.